The van der Waals surface area contributed by atoms with Crippen LogP contribution in [0.4, 0.5) is 5.69 Å². The van der Waals surface area contributed by atoms with Gasteiger partial charge in [-0.1, -0.05) is 79.6 Å². The van der Waals surface area contributed by atoms with Gasteiger partial charge in [-0.2, -0.15) is 0 Å². The first-order valence-corrected chi connectivity index (χ1v) is 15.4. The molecular formula is C35H45N3O6. The van der Waals surface area contributed by atoms with Crippen LogP contribution in [-0.4, -0.2) is 46.7 Å². The fourth-order valence-electron chi connectivity index (χ4n) is 5.43. The number of aliphatic hydroxyl groups excluding tert-OH is 1. The zero-order valence-electron chi connectivity index (χ0n) is 25.7. The van der Waals surface area contributed by atoms with E-state index in [0.717, 1.165) is 42.5 Å². The van der Waals surface area contributed by atoms with Crippen molar-refractivity contribution < 1.29 is 29.4 Å². The number of aliphatic hydroxyl groups is 1. The molecule has 3 aromatic rings. The predicted octanol–water partition coefficient (Wildman–Crippen LogP) is 6.20. The van der Waals surface area contributed by atoms with Crippen molar-refractivity contribution in [2.45, 2.75) is 83.0 Å². The molecule has 1 aliphatic heterocycles. The quantitative estimate of drug-likeness (QED) is 0.0927. The molecule has 0 spiro atoms. The third-order valence-electron chi connectivity index (χ3n) is 8.20. The average Bonchev–Trinajstić information content (AvgIpc) is 3.06. The van der Waals surface area contributed by atoms with E-state index in [-0.39, 0.29) is 43.1 Å². The average molecular weight is 604 g/mol. The zero-order valence-corrected chi connectivity index (χ0v) is 25.7. The first-order valence-electron chi connectivity index (χ1n) is 15.4. The lowest BCUT2D eigenvalue weighted by atomic mass is 9.99. The van der Waals surface area contributed by atoms with Crippen LogP contribution >= 0.6 is 0 Å². The second-order valence-corrected chi connectivity index (χ2v) is 11.5. The maximum Gasteiger partial charge on any atom is 0.243 e. The van der Waals surface area contributed by atoms with E-state index in [2.05, 4.69) is 48.5 Å². The smallest absolute Gasteiger partial charge is 0.243 e. The van der Waals surface area contributed by atoms with Crippen molar-refractivity contribution in [2.24, 2.45) is 0 Å². The van der Waals surface area contributed by atoms with Gasteiger partial charge in [-0.25, -0.2) is 5.48 Å². The molecule has 4 unspecified atom stereocenters. The number of likely N-dealkylation sites (N-methyl/N-ethyl adjacent to an activating group) is 1. The monoisotopic (exact) mass is 603 g/mol. The first-order chi connectivity index (χ1) is 21.4. The molecule has 236 valence electrons. The second kappa shape index (κ2) is 17.0. The summed E-state index contributed by atoms with van der Waals surface area (Å²) in [5.41, 5.74) is 6.36. The van der Waals surface area contributed by atoms with E-state index < -0.39 is 6.29 Å². The lowest BCUT2D eigenvalue weighted by molar-refractivity contribution is -0.253. The third-order valence-corrected chi connectivity index (χ3v) is 8.20. The van der Waals surface area contributed by atoms with Gasteiger partial charge in [0.2, 0.25) is 11.8 Å². The molecule has 4 N–H and O–H groups in total. The van der Waals surface area contributed by atoms with Crippen molar-refractivity contribution in [2.75, 3.05) is 18.9 Å². The summed E-state index contributed by atoms with van der Waals surface area (Å²) in [4.78, 5) is 25.8. The lowest BCUT2D eigenvalue weighted by Crippen LogP contribution is -2.38. The highest BCUT2D eigenvalue weighted by Crippen LogP contribution is 2.39. The van der Waals surface area contributed by atoms with Gasteiger partial charge < -0.3 is 19.9 Å². The molecule has 2 amide bonds. The summed E-state index contributed by atoms with van der Waals surface area (Å²) >= 11 is 0. The van der Waals surface area contributed by atoms with Crippen LogP contribution in [0.2, 0.25) is 0 Å². The fourth-order valence-corrected chi connectivity index (χ4v) is 5.43. The van der Waals surface area contributed by atoms with Gasteiger partial charge in [0, 0.05) is 43.1 Å². The van der Waals surface area contributed by atoms with Crippen molar-refractivity contribution in [1.29, 1.82) is 0 Å². The minimum Gasteiger partial charge on any atom is -0.392 e. The summed E-state index contributed by atoms with van der Waals surface area (Å²) in [5.74, 6) is -0.444. The largest absolute Gasteiger partial charge is 0.392 e. The van der Waals surface area contributed by atoms with Crippen LogP contribution in [0.15, 0.2) is 78.9 Å². The van der Waals surface area contributed by atoms with E-state index in [1.807, 2.05) is 54.6 Å². The number of amides is 2. The first kappa shape index (κ1) is 33.3. The van der Waals surface area contributed by atoms with Gasteiger partial charge in [-0.3, -0.25) is 19.7 Å². The van der Waals surface area contributed by atoms with Gasteiger partial charge in [-0.05, 0) is 55.6 Å². The molecule has 1 heterocycles. The third kappa shape index (κ3) is 9.97. The Balaban J connectivity index is 1.37. The highest BCUT2D eigenvalue weighted by atomic mass is 16.7. The number of rotatable bonds is 15. The Kier molecular flexibility index (Phi) is 12.9. The molecule has 1 aliphatic rings. The van der Waals surface area contributed by atoms with E-state index in [4.69, 9.17) is 14.7 Å². The number of nitrogens with one attached hydrogen (secondary N) is 2. The van der Waals surface area contributed by atoms with Crippen LogP contribution < -0.4 is 10.8 Å². The molecule has 1 saturated heterocycles. The second-order valence-electron chi connectivity index (χ2n) is 11.5. The topological polar surface area (TPSA) is 120 Å². The van der Waals surface area contributed by atoms with E-state index in [1.54, 1.807) is 5.48 Å². The Labute approximate surface area is 260 Å². The van der Waals surface area contributed by atoms with Crippen LogP contribution in [0.3, 0.4) is 0 Å². The summed E-state index contributed by atoms with van der Waals surface area (Å²) in [6.45, 7) is 2.92. The molecule has 9 heteroatoms. The summed E-state index contributed by atoms with van der Waals surface area (Å²) in [7, 11) is 2.11. The summed E-state index contributed by atoms with van der Waals surface area (Å²) < 4.78 is 13.0. The van der Waals surface area contributed by atoms with E-state index >= 15 is 0 Å². The molecule has 0 aromatic heterocycles. The molecule has 0 bridgehead atoms. The molecule has 0 saturated carbocycles. The Hall–Kier alpha value is -3.60. The van der Waals surface area contributed by atoms with Crippen LogP contribution in [0.25, 0.3) is 0 Å². The number of hydrogen-bond acceptors (Lipinski definition) is 7. The molecular weight excluding hydrogens is 558 g/mol. The Morgan fingerprint density at radius 3 is 2.14 bits per heavy atom. The normalized spacial score (nSPS) is 19.0. The fraction of sp³-hybridized carbons (Fsp3) is 0.429. The molecule has 9 nitrogen and oxygen atoms in total. The number of anilines is 1. The molecule has 3 aromatic carbocycles. The number of nitrogens with zero attached hydrogens (tertiary/aromatic N) is 1. The van der Waals surface area contributed by atoms with Crippen molar-refractivity contribution in [3.8, 4) is 0 Å². The van der Waals surface area contributed by atoms with Crippen molar-refractivity contribution in [3.05, 3.63) is 101 Å². The van der Waals surface area contributed by atoms with E-state index in [1.165, 1.54) is 5.56 Å². The highest BCUT2D eigenvalue weighted by molar-refractivity contribution is 5.90. The number of benzene rings is 3. The van der Waals surface area contributed by atoms with Gasteiger partial charge in [0.1, 0.15) is 0 Å². The number of hydroxylamine groups is 1. The highest BCUT2D eigenvalue weighted by Gasteiger charge is 2.33. The minimum atomic E-state index is -0.575. The predicted molar refractivity (Wildman–Crippen MR) is 169 cm³/mol. The Morgan fingerprint density at radius 1 is 0.864 bits per heavy atom. The minimum absolute atomic E-state index is 0.00325. The van der Waals surface area contributed by atoms with Crippen LogP contribution in [-0.2, 0) is 25.7 Å². The lowest BCUT2D eigenvalue weighted by Gasteiger charge is -2.39. The molecule has 44 heavy (non-hydrogen) atoms. The number of hydrogen-bond donors (Lipinski definition) is 4. The maximum absolute atomic E-state index is 12.5. The van der Waals surface area contributed by atoms with Gasteiger partial charge >= 0.3 is 0 Å². The number of carbonyl (C=O) groups excluding carboxylic acids is 2. The van der Waals surface area contributed by atoms with Gasteiger partial charge in [0.15, 0.2) is 6.29 Å². The Bertz CT molecular complexity index is 1300. The van der Waals surface area contributed by atoms with E-state index in [0.29, 0.717) is 24.9 Å². The molecule has 4 atom stereocenters. The van der Waals surface area contributed by atoms with Crippen LogP contribution in [0.1, 0.15) is 92.6 Å². The van der Waals surface area contributed by atoms with E-state index in [9.17, 15) is 14.7 Å². The maximum atomic E-state index is 12.5. The van der Waals surface area contributed by atoms with Gasteiger partial charge in [-0.15, -0.1) is 0 Å². The standard InChI is InChI=1S/C35H45N3O6/c1-25(27-10-6-5-7-11-27)38(2)23-31-22-32(28-16-14-26(24-39)15-17-28)44-35(43-31)29-18-20-30(21-19-29)36-33(40)12-8-3-4-9-13-34(41)37-42/h5-7,10-11,14-21,25,31-32,35,39,42H,3-4,8-9,12-13,22-24H2,1-2H3,(H,36,40)(H,37,41). The van der Waals surface area contributed by atoms with Crippen LogP contribution in [0, 0.1) is 0 Å². The van der Waals surface area contributed by atoms with Crippen molar-refractivity contribution in [3.63, 3.8) is 0 Å². The molecule has 0 aliphatic carbocycles. The molecule has 1 fully saturated rings. The summed E-state index contributed by atoms with van der Waals surface area (Å²) in [6, 6.07) is 26.1. The van der Waals surface area contributed by atoms with Gasteiger partial charge in [0.25, 0.3) is 0 Å². The van der Waals surface area contributed by atoms with Crippen LogP contribution in [0.5, 0.6) is 0 Å². The summed E-state index contributed by atoms with van der Waals surface area (Å²) in [6.07, 6.45) is 3.62. The molecule has 0 radical (unpaired) electrons. The van der Waals surface area contributed by atoms with Crippen molar-refractivity contribution >= 4 is 17.5 Å². The van der Waals surface area contributed by atoms with Crippen molar-refractivity contribution in [1.82, 2.24) is 10.4 Å². The zero-order chi connectivity index (χ0) is 31.3. The number of ether oxygens (including phenoxy) is 2. The SMILES string of the molecule is CC(c1ccccc1)N(C)CC1CC(c2ccc(CO)cc2)OC(c2ccc(NC(=O)CCCCCCC(=O)NO)cc2)O1. The summed E-state index contributed by atoms with van der Waals surface area (Å²) in [5, 5.41) is 21.0. The number of carbonyl (C=O) groups is 2. The number of unbranched alkanes of at least 4 members (excludes halogenated alkanes) is 3. The Morgan fingerprint density at radius 2 is 1.50 bits per heavy atom. The molecule has 4 rings (SSSR count). The van der Waals surface area contributed by atoms with Gasteiger partial charge in [0.05, 0.1) is 18.8 Å².